The largest absolute Gasteiger partial charge is 0.469 e. The van der Waals surface area contributed by atoms with Gasteiger partial charge in [-0.1, -0.05) is 142 Å². The van der Waals surface area contributed by atoms with E-state index in [0.29, 0.717) is 25.7 Å². The van der Waals surface area contributed by atoms with Crippen molar-refractivity contribution in [2.24, 2.45) is 0 Å². The molecular formula is C45H71O9P. The lowest BCUT2D eigenvalue weighted by atomic mass is 10.1. The molecule has 10 heteroatoms. The van der Waals surface area contributed by atoms with E-state index in [1.165, 1.54) is 19.3 Å². The summed E-state index contributed by atoms with van der Waals surface area (Å²) in [6.45, 7) is 3.37. The molecule has 0 aliphatic rings. The molecule has 0 aromatic carbocycles. The average molecular weight is 787 g/mol. The number of hydrogen-bond acceptors (Lipinski definition) is 7. The number of rotatable bonds is 35. The highest BCUT2D eigenvalue weighted by atomic mass is 31.2. The Morgan fingerprint density at radius 3 is 1.71 bits per heavy atom. The Labute approximate surface area is 332 Å². The maximum atomic E-state index is 12.4. The highest BCUT2D eigenvalue weighted by Gasteiger charge is 2.22. The van der Waals surface area contributed by atoms with Crippen LogP contribution in [0.25, 0.3) is 0 Å². The van der Waals surface area contributed by atoms with Crippen LogP contribution in [0.4, 0.5) is 0 Å². The van der Waals surface area contributed by atoms with Crippen LogP contribution in [0.3, 0.4) is 0 Å². The highest BCUT2D eigenvalue weighted by Crippen LogP contribution is 2.36. The zero-order chi connectivity index (χ0) is 40.5. The predicted octanol–water partition coefficient (Wildman–Crippen LogP) is 11.4. The number of unbranched alkanes of at least 4 members (excludes halogenated alkanes) is 7. The van der Waals surface area contributed by atoms with Crippen molar-refractivity contribution in [3.63, 3.8) is 0 Å². The van der Waals surface area contributed by atoms with Gasteiger partial charge in [0.1, 0.15) is 6.61 Å². The summed E-state index contributed by atoms with van der Waals surface area (Å²) in [7, 11) is -4.80. The first-order valence-electron chi connectivity index (χ1n) is 20.3. The van der Waals surface area contributed by atoms with Crippen LogP contribution in [0.1, 0.15) is 136 Å². The van der Waals surface area contributed by atoms with Crippen molar-refractivity contribution < 1.29 is 43.0 Å². The zero-order valence-corrected chi connectivity index (χ0v) is 34.5. The van der Waals surface area contributed by atoms with Crippen molar-refractivity contribution in [3.8, 4) is 0 Å². The van der Waals surface area contributed by atoms with Crippen LogP contribution in [0, 0.1) is 0 Å². The van der Waals surface area contributed by atoms with Crippen LogP contribution in [0.5, 0.6) is 0 Å². The molecule has 0 rings (SSSR count). The molecule has 0 radical (unpaired) electrons. The van der Waals surface area contributed by atoms with E-state index in [-0.39, 0.29) is 19.4 Å². The number of carbonyl (C=O) groups excluding carboxylic acids is 2. The SMILES string of the molecule is CC/C=C\C/C=C\C/C=C\C/C=C\C/C=C\CCCCCC(=O)O[C@H](COC(=O)CCC/C=C\C/C=C\C=C\[C@H](O)C/C=C\CCCCC)COP(=O)(O)O. The average Bonchev–Trinajstić information content (AvgIpc) is 3.15. The molecular weight excluding hydrogens is 715 g/mol. The van der Waals surface area contributed by atoms with Gasteiger partial charge in [0.05, 0.1) is 12.7 Å². The lowest BCUT2D eigenvalue weighted by Crippen LogP contribution is -2.29. The van der Waals surface area contributed by atoms with Crippen molar-refractivity contribution in [2.45, 2.75) is 148 Å². The summed E-state index contributed by atoms with van der Waals surface area (Å²) in [5, 5.41) is 9.99. The maximum Gasteiger partial charge on any atom is 0.469 e. The number of aliphatic hydroxyl groups is 1. The number of ether oxygens (including phenoxy) is 2. The van der Waals surface area contributed by atoms with E-state index in [4.69, 9.17) is 19.3 Å². The first-order valence-corrected chi connectivity index (χ1v) is 21.8. The molecule has 0 saturated heterocycles. The van der Waals surface area contributed by atoms with E-state index >= 15 is 0 Å². The fourth-order valence-corrected chi connectivity index (χ4v) is 5.19. The molecule has 0 fully saturated rings. The Bertz CT molecular complexity index is 1270. The van der Waals surface area contributed by atoms with Crippen molar-refractivity contribution in [2.75, 3.05) is 13.2 Å². The number of allylic oxidation sites excluding steroid dienone is 16. The highest BCUT2D eigenvalue weighted by molar-refractivity contribution is 7.46. The van der Waals surface area contributed by atoms with Gasteiger partial charge in [0.15, 0.2) is 6.10 Å². The Balaban J connectivity index is 4.20. The summed E-state index contributed by atoms with van der Waals surface area (Å²) < 4.78 is 26.3. The zero-order valence-electron chi connectivity index (χ0n) is 33.6. The van der Waals surface area contributed by atoms with Crippen LogP contribution in [0.2, 0.25) is 0 Å². The van der Waals surface area contributed by atoms with E-state index in [1.54, 1.807) is 6.08 Å². The molecule has 0 unspecified atom stereocenters. The van der Waals surface area contributed by atoms with Crippen LogP contribution in [-0.4, -0.2) is 52.3 Å². The molecule has 0 spiro atoms. The number of phosphoric ester groups is 1. The van der Waals surface area contributed by atoms with E-state index in [0.717, 1.165) is 64.2 Å². The third kappa shape index (κ3) is 41.7. The number of phosphoric acid groups is 1. The molecule has 0 bridgehead atoms. The van der Waals surface area contributed by atoms with Gasteiger partial charge < -0.3 is 24.4 Å². The normalized spacial score (nSPS) is 14.2. The Kier molecular flexibility index (Phi) is 36.6. The second kappa shape index (κ2) is 38.9. The van der Waals surface area contributed by atoms with E-state index in [2.05, 4.69) is 85.2 Å². The van der Waals surface area contributed by atoms with E-state index in [9.17, 15) is 19.3 Å². The Hall–Kier alpha value is -3.33. The maximum absolute atomic E-state index is 12.4. The summed E-state index contributed by atoms with van der Waals surface area (Å²) in [6, 6.07) is 0. The summed E-state index contributed by atoms with van der Waals surface area (Å²) >= 11 is 0. The van der Waals surface area contributed by atoms with Gasteiger partial charge in [-0.05, 0) is 89.9 Å². The van der Waals surface area contributed by atoms with Gasteiger partial charge in [-0.3, -0.25) is 14.1 Å². The van der Waals surface area contributed by atoms with Crippen molar-refractivity contribution in [3.05, 3.63) is 109 Å². The quantitative estimate of drug-likeness (QED) is 0.0188. The third-order valence-electron chi connectivity index (χ3n) is 7.86. The van der Waals surface area contributed by atoms with Gasteiger partial charge in [0, 0.05) is 12.8 Å². The van der Waals surface area contributed by atoms with Crippen LogP contribution in [0.15, 0.2) is 109 Å². The molecule has 9 nitrogen and oxygen atoms in total. The van der Waals surface area contributed by atoms with Crippen LogP contribution in [-0.2, 0) is 28.2 Å². The lowest BCUT2D eigenvalue weighted by molar-refractivity contribution is -0.161. The predicted molar refractivity (Wildman–Crippen MR) is 226 cm³/mol. The second-order valence-electron chi connectivity index (χ2n) is 13.1. The molecule has 0 aromatic rings. The van der Waals surface area contributed by atoms with Gasteiger partial charge >= 0.3 is 19.8 Å². The van der Waals surface area contributed by atoms with Crippen molar-refractivity contribution >= 4 is 19.8 Å². The number of carbonyl (C=O) groups is 2. The van der Waals surface area contributed by atoms with Gasteiger partial charge in [-0.15, -0.1) is 0 Å². The molecule has 310 valence electrons. The Morgan fingerprint density at radius 2 is 1.11 bits per heavy atom. The molecule has 2 atom stereocenters. The monoisotopic (exact) mass is 786 g/mol. The first-order chi connectivity index (χ1) is 26.7. The van der Waals surface area contributed by atoms with E-state index in [1.807, 2.05) is 36.5 Å². The minimum Gasteiger partial charge on any atom is -0.462 e. The lowest BCUT2D eigenvalue weighted by Gasteiger charge is -2.18. The minimum atomic E-state index is -4.80. The van der Waals surface area contributed by atoms with Gasteiger partial charge in [-0.25, -0.2) is 4.57 Å². The van der Waals surface area contributed by atoms with Crippen molar-refractivity contribution in [1.29, 1.82) is 0 Å². The van der Waals surface area contributed by atoms with Crippen LogP contribution >= 0.6 is 7.82 Å². The van der Waals surface area contributed by atoms with Gasteiger partial charge in [-0.2, -0.15) is 0 Å². The Morgan fingerprint density at radius 1 is 0.582 bits per heavy atom. The first kappa shape index (κ1) is 51.7. The summed E-state index contributed by atoms with van der Waals surface area (Å²) in [4.78, 5) is 42.8. The fourth-order valence-electron chi connectivity index (χ4n) is 4.83. The summed E-state index contributed by atoms with van der Waals surface area (Å²) in [6.07, 6.45) is 51.2. The molecule has 0 amide bonds. The standard InChI is InChI=1S/C45H71O9P/c1-3-5-7-9-11-12-13-14-15-16-17-18-19-20-21-22-27-31-35-39-45(48)54-43(41-53-55(49,50)51)40-52-44(47)38-34-30-26-24-23-25-29-33-37-42(46)36-32-28-10-8-6-4-2/h5,7,11-12,14-15,17-18,20-21,24-26,28-29,32-33,37,42-43,46H,3-4,6,8-10,13,16,19,22-23,27,30-31,34-36,38-41H2,1-2H3,(H2,49,50,51)/b7-5-,12-11-,15-14-,18-17-,21-20-,26-24-,29-25-,32-28-,37-33+/t42-,43-/m1/s1. The summed E-state index contributed by atoms with van der Waals surface area (Å²) in [5.41, 5.74) is 0. The molecule has 55 heavy (non-hydrogen) atoms. The third-order valence-corrected chi connectivity index (χ3v) is 8.34. The summed E-state index contributed by atoms with van der Waals surface area (Å²) in [5.74, 6) is -1.04. The van der Waals surface area contributed by atoms with Crippen molar-refractivity contribution in [1.82, 2.24) is 0 Å². The van der Waals surface area contributed by atoms with Crippen LogP contribution < -0.4 is 0 Å². The minimum absolute atomic E-state index is 0.142. The second-order valence-corrected chi connectivity index (χ2v) is 14.3. The molecule has 0 aliphatic carbocycles. The topological polar surface area (TPSA) is 140 Å². The molecule has 0 saturated carbocycles. The van der Waals surface area contributed by atoms with Gasteiger partial charge in [0.2, 0.25) is 0 Å². The number of esters is 2. The van der Waals surface area contributed by atoms with Gasteiger partial charge in [0.25, 0.3) is 0 Å². The van der Waals surface area contributed by atoms with E-state index < -0.39 is 38.6 Å². The molecule has 0 heterocycles. The fraction of sp³-hybridized carbons (Fsp3) is 0.556. The number of aliphatic hydroxyl groups excluding tert-OH is 1. The molecule has 0 aromatic heterocycles. The smallest absolute Gasteiger partial charge is 0.462 e. The molecule has 0 aliphatic heterocycles. The molecule has 3 N–H and O–H groups in total. The number of hydrogen-bond donors (Lipinski definition) is 3.